The number of carbonyl (C=O) groups is 1. The third-order valence-electron chi connectivity index (χ3n) is 4.09. The lowest BCUT2D eigenvalue weighted by Crippen LogP contribution is -2.43. The summed E-state index contributed by atoms with van der Waals surface area (Å²) in [6.45, 7) is 11.2. The smallest absolute Gasteiger partial charge is 0.273 e. The van der Waals surface area contributed by atoms with Gasteiger partial charge in [-0.25, -0.2) is 4.68 Å². The van der Waals surface area contributed by atoms with E-state index in [1.54, 1.807) is 10.9 Å². The topological polar surface area (TPSA) is 71.8 Å². The molecular formula is C14H25N5O. The van der Waals surface area contributed by atoms with Crippen LogP contribution in [0.1, 0.15) is 44.2 Å². The van der Waals surface area contributed by atoms with Gasteiger partial charge in [-0.1, -0.05) is 32.9 Å². The second kappa shape index (κ2) is 6.35. The Labute approximate surface area is 120 Å². The highest BCUT2D eigenvalue weighted by Gasteiger charge is 2.23. The molecule has 6 nitrogen and oxygen atoms in total. The predicted molar refractivity (Wildman–Crippen MR) is 77.4 cm³/mol. The van der Waals surface area contributed by atoms with Crippen molar-refractivity contribution in [2.24, 2.45) is 17.8 Å². The normalized spacial score (nSPS) is 15.9. The molecular weight excluding hydrogens is 254 g/mol. The van der Waals surface area contributed by atoms with E-state index in [2.05, 4.69) is 48.6 Å². The Balaban J connectivity index is 1.89. The molecule has 2 N–H and O–H groups in total. The molecule has 2 rings (SSSR count). The Kier molecular flexibility index (Phi) is 4.75. The second-order valence-electron chi connectivity index (χ2n) is 6.26. The average molecular weight is 279 g/mol. The van der Waals surface area contributed by atoms with E-state index in [-0.39, 0.29) is 5.91 Å². The molecule has 1 saturated heterocycles. The van der Waals surface area contributed by atoms with E-state index in [9.17, 15) is 4.79 Å². The summed E-state index contributed by atoms with van der Waals surface area (Å²) in [5.41, 5.74) is 0.406. The van der Waals surface area contributed by atoms with E-state index in [0.29, 0.717) is 36.0 Å². The van der Waals surface area contributed by atoms with Crippen molar-refractivity contribution in [3.63, 3.8) is 0 Å². The van der Waals surface area contributed by atoms with Crippen LogP contribution in [0.2, 0.25) is 0 Å². The number of amides is 1. The van der Waals surface area contributed by atoms with Gasteiger partial charge in [0.15, 0.2) is 5.69 Å². The maximum absolute atomic E-state index is 12.1. The number of hydrogen-bond donors (Lipinski definition) is 2. The van der Waals surface area contributed by atoms with Crippen molar-refractivity contribution in [1.29, 1.82) is 0 Å². The fourth-order valence-electron chi connectivity index (χ4n) is 2.56. The van der Waals surface area contributed by atoms with Crippen LogP contribution in [0.25, 0.3) is 0 Å². The van der Waals surface area contributed by atoms with E-state index in [0.717, 1.165) is 13.1 Å². The molecule has 0 bridgehead atoms. The highest BCUT2D eigenvalue weighted by atomic mass is 16.2. The number of hydrogen-bond acceptors (Lipinski definition) is 4. The highest BCUT2D eigenvalue weighted by molar-refractivity contribution is 5.91. The van der Waals surface area contributed by atoms with Crippen LogP contribution >= 0.6 is 0 Å². The van der Waals surface area contributed by atoms with Crippen molar-refractivity contribution in [1.82, 2.24) is 25.6 Å². The molecule has 112 valence electrons. The summed E-state index contributed by atoms with van der Waals surface area (Å²) in [7, 11) is 0. The molecule has 0 unspecified atom stereocenters. The van der Waals surface area contributed by atoms with Crippen LogP contribution in [-0.4, -0.2) is 40.5 Å². The van der Waals surface area contributed by atoms with Crippen LogP contribution in [0.4, 0.5) is 0 Å². The van der Waals surface area contributed by atoms with E-state index < -0.39 is 0 Å². The fourth-order valence-corrected chi connectivity index (χ4v) is 2.56. The van der Waals surface area contributed by atoms with Crippen molar-refractivity contribution >= 4 is 5.91 Å². The maximum Gasteiger partial charge on any atom is 0.273 e. The molecule has 0 aliphatic carbocycles. The van der Waals surface area contributed by atoms with Crippen LogP contribution in [0.15, 0.2) is 6.20 Å². The average Bonchev–Trinajstić information content (AvgIpc) is 2.75. The number of aromatic nitrogens is 3. The van der Waals surface area contributed by atoms with E-state index >= 15 is 0 Å². The van der Waals surface area contributed by atoms with Gasteiger partial charge in [-0.15, -0.1) is 5.10 Å². The summed E-state index contributed by atoms with van der Waals surface area (Å²) in [6.07, 6.45) is 1.74. The van der Waals surface area contributed by atoms with Gasteiger partial charge in [0.05, 0.1) is 12.2 Å². The SMILES string of the molecule is CC(C)C(CNC(=O)c1cn(C2CNC2)nn1)C(C)C. The quantitative estimate of drug-likeness (QED) is 0.817. The van der Waals surface area contributed by atoms with Gasteiger partial charge in [-0.2, -0.15) is 0 Å². The summed E-state index contributed by atoms with van der Waals surface area (Å²) in [5, 5.41) is 14.1. The van der Waals surface area contributed by atoms with E-state index in [1.165, 1.54) is 0 Å². The second-order valence-corrected chi connectivity index (χ2v) is 6.26. The van der Waals surface area contributed by atoms with Crippen molar-refractivity contribution in [2.45, 2.75) is 33.7 Å². The summed E-state index contributed by atoms with van der Waals surface area (Å²) in [5.74, 6) is 1.44. The zero-order valence-electron chi connectivity index (χ0n) is 12.8. The first-order valence-electron chi connectivity index (χ1n) is 7.39. The van der Waals surface area contributed by atoms with Gasteiger partial charge in [0.1, 0.15) is 0 Å². The Hall–Kier alpha value is -1.43. The largest absolute Gasteiger partial charge is 0.350 e. The van der Waals surface area contributed by atoms with E-state index in [4.69, 9.17) is 0 Å². The minimum Gasteiger partial charge on any atom is -0.350 e. The van der Waals surface area contributed by atoms with Crippen LogP contribution in [0.5, 0.6) is 0 Å². The van der Waals surface area contributed by atoms with Crippen LogP contribution in [0.3, 0.4) is 0 Å². The van der Waals surface area contributed by atoms with Gasteiger partial charge in [0, 0.05) is 19.6 Å². The number of nitrogens with one attached hydrogen (secondary N) is 2. The summed E-state index contributed by atoms with van der Waals surface area (Å²) < 4.78 is 1.77. The molecule has 6 heteroatoms. The molecule has 1 aromatic rings. The third kappa shape index (κ3) is 3.36. The third-order valence-corrected chi connectivity index (χ3v) is 4.09. The molecule has 1 aliphatic rings. The molecule has 1 aromatic heterocycles. The maximum atomic E-state index is 12.1. The Morgan fingerprint density at radius 1 is 1.40 bits per heavy atom. The molecule has 0 radical (unpaired) electrons. The molecule has 1 fully saturated rings. The van der Waals surface area contributed by atoms with Gasteiger partial charge in [-0.3, -0.25) is 4.79 Å². The first kappa shape index (κ1) is 15.0. The van der Waals surface area contributed by atoms with Crippen molar-refractivity contribution in [2.75, 3.05) is 19.6 Å². The Morgan fingerprint density at radius 3 is 2.55 bits per heavy atom. The van der Waals surface area contributed by atoms with Crippen molar-refractivity contribution < 1.29 is 4.79 Å². The van der Waals surface area contributed by atoms with Crippen molar-refractivity contribution in [3.05, 3.63) is 11.9 Å². The molecule has 20 heavy (non-hydrogen) atoms. The lowest BCUT2D eigenvalue weighted by Gasteiger charge is -2.26. The lowest BCUT2D eigenvalue weighted by atomic mass is 9.85. The monoisotopic (exact) mass is 279 g/mol. The van der Waals surface area contributed by atoms with Crippen LogP contribution in [0, 0.1) is 17.8 Å². The fraction of sp³-hybridized carbons (Fsp3) is 0.786. The Morgan fingerprint density at radius 2 is 2.05 bits per heavy atom. The summed E-state index contributed by atoms with van der Waals surface area (Å²) >= 11 is 0. The number of nitrogens with zero attached hydrogens (tertiary/aromatic N) is 3. The molecule has 1 aliphatic heterocycles. The molecule has 0 spiro atoms. The van der Waals surface area contributed by atoms with Gasteiger partial charge >= 0.3 is 0 Å². The standard InChI is InChI=1S/C14H25N5O/c1-9(2)12(10(3)4)7-16-14(20)13-8-19(18-17-13)11-5-15-6-11/h8-12,15H,5-7H2,1-4H3,(H,16,20). The Bertz CT molecular complexity index is 442. The zero-order valence-corrected chi connectivity index (χ0v) is 12.8. The highest BCUT2D eigenvalue weighted by Crippen LogP contribution is 2.19. The lowest BCUT2D eigenvalue weighted by molar-refractivity contribution is 0.0932. The first-order valence-corrected chi connectivity index (χ1v) is 7.39. The summed E-state index contributed by atoms with van der Waals surface area (Å²) in [4.78, 5) is 12.1. The molecule has 1 amide bonds. The molecule has 0 saturated carbocycles. The van der Waals surface area contributed by atoms with Gasteiger partial charge in [0.2, 0.25) is 0 Å². The van der Waals surface area contributed by atoms with Gasteiger partial charge in [-0.05, 0) is 17.8 Å². The predicted octanol–water partition coefficient (Wildman–Crippen LogP) is 1.08. The number of rotatable bonds is 6. The number of carbonyl (C=O) groups excluding carboxylic acids is 1. The first-order chi connectivity index (χ1) is 9.49. The van der Waals surface area contributed by atoms with Gasteiger partial charge in [0.25, 0.3) is 5.91 Å². The van der Waals surface area contributed by atoms with Crippen LogP contribution in [-0.2, 0) is 0 Å². The van der Waals surface area contributed by atoms with E-state index in [1.807, 2.05) is 0 Å². The van der Waals surface area contributed by atoms with Gasteiger partial charge < -0.3 is 10.6 Å². The minimum absolute atomic E-state index is 0.130. The summed E-state index contributed by atoms with van der Waals surface area (Å²) in [6, 6.07) is 0.336. The zero-order chi connectivity index (χ0) is 14.7. The van der Waals surface area contributed by atoms with Crippen LogP contribution < -0.4 is 10.6 Å². The molecule has 0 aromatic carbocycles. The molecule has 0 atom stereocenters. The van der Waals surface area contributed by atoms with Crippen molar-refractivity contribution in [3.8, 4) is 0 Å². The minimum atomic E-state index is -0.130. The molecule has 2 heterocycles.